The SMILES string of the molecule is CC1(C)Cc2nc(-c3cccnc3)ncc2[C@@H](NC(=O)C2CCCC2)C1. The van der Waals surface area contributed by atoms with E-state index in [0.29, 0.717) is 5.82 Å². The monoisotopic (exact) mass is 350 g/mol. The molecule has 1 atom stereocenters. The molecular weight excluding hydrogens is 324 g/mol. The van der Waals surface area contributed by atoms with Crippen molar-refractivity contribution in [3.05, 3.63) is 42.0 Å². The first kappa shape index (κ1) is 17.1. The normalized spacial score (nSPS) is 22.0. The number of pyridine rings is 1. The van der Waals surface area contributed by atoms with E-state index < -0.39 is 0 Å². The van der Waals surface area contributed by atoms with Gasteiger partial charge in [-0.15, -0.1) is 0 Å². The van der Waals surface area contributed by atoms with Crippen molar-refractivity contribution in [2.45, 2.75) is 58.4 Å². The van der Waals surface area contributed by atoms with Crippen molar-refractivity contribution in [1.82, 2.24) is 20.3 Å². The average Bonchev–Trinajstić information content (AvgIpc) is 3.16. The summed E-state index contributed by atoms with van der Waals surface area (Å²) in [5, 5.41) is 3.30. The fourth-order valence-corrected chi connectivity index (χ4v) is 4.29. The van der Waals surface area contributed by atoms with Gasteiger partial charge in [0.15, 0.2) is 5.82 Å². The van der Waals surface area contributed by atoms with E-state index in [1.54, 1.807) is 12.4 Å². The maximum absolute atomic E-state index is 12.7. The molecular formula is C21H26N4O. The molecule has 0 aromatic carbocycles. The summed E-state index contributed by atoms with van der Waals surface area (Å²) in [6, 6.07) is 3.87. The summed E-state index contributed by atoms with van der Waals surface area (Å²) >= 11 is 0. The van der Waals surface area contributed by atoms with Crippen molar-refractivity contribution in [2.24, 2.45) is 11.3 Å². The summed E-state index contributed by atoms with van der Waals surface area (Å²) in [6.45, 7) is 4.49. The van der Waals surface area contributed by atoms with E-state index in [4.69, 9.17) is 4.98 Å². The summed E-state index contributed by atoms with van der Waals surface area (Å²) in [7, 11) is 0. The second-order valence-electron chi connectivity index (χ2n) is 8.43. The lowest BCUT2D eigenvalue weighted by Crippen LogP contribution is -2.39. The van der Waals surface area contributed by atoms with Crippen LogP contribution in [0.2, 0.25) is 0 Å². The zero-order valence-electron chi connectivity index (χ0n) is 15.5. The summed E-state index contributed by atoms with van der Waals surface area (Å²) in [6.07, 6.45) is 11.6. The smallest absolute Gasteiger partial charge is 0.223 e. The summed E-state index contributed by atoms with van der Waals surface area (Å²) in [5.74, 6) is 1.09. The molecule has 26 heavy (non-hydrogen) atoms. The van der Waals surface area contributed by atoms with Crippen LogP contribution in [0, 0.1) is 11.3 Å². The molecule has 2 aromatic heterocycles. The van der Waals surface area contributed by atoms with Crippen LogP contribution in [0.3, 0.4) is 0 Å². The summed E-state index contributed by atoms with van der Waals surface area (Å²) in [5.41, 5.74) is 3.14. The zero-order chi connectivity index (χ0) is 18.1. The molecule has 1 fully saturated rings. The highest BCUT2D eigenvalue weighted by molar-refractivity contribution is 5.79. The van der Waals surface area contributed by atoms with E-state index in [2.05, 4.69) is 29.1 Å². The van der Waals surface area contributed by atoms with E-state index in [1.807, 2.05) is 18.3 Å². The molecule has 0 saturated heterocycles. The lowest BCUT2D eigenvalue weighted by Gasteiger charge is -2.37. The predicted molar refractivity (Wildman–Crippen MR) is 100 cm³/mol. The van der Waals surface area contributed by atoms with E-state index >= 15 is 0 Å². The molecule has 0 unspecified atom stereocenters. The lowest BCUT2D eigenvalue weighted by molar-refractivity contribution is -0.125. The number of fused-ring (bicyclic) bond motifs is 1. The minimum absolute atomic E-state index is 0.00444. The van der Waals surface area contributed by atoms with Gasteiger partial charge in [-0.3, -0.25) is 9.78 Å². The van der Waals surface area contributed by atoms with E-state index in [0.717, 1.165) is 42.5 Å². The van der Waals surface area contributed by atoms with Crippen LogP contribution in [0.4, 0.5) is 0 Å². The number of rotatable bonds is 3. The number of carbonyl (C=O) groups excluding carboxylic acids is 1. The Morgan fingerprint density at radius 2 is 2.04 bits per heavy atom. The molecule has 2 aliphatic rings. The van der Waals surface area contributed by atoms with Crippen LogP contribution in [0.1, 0.15) is 63.3 Å². The minimum atomic E-state index is 0.00444. The Balaban J connectivity index is 1.63. The Morgan fingerprint density at radius 1 is 1.23 bits per heavy atom. The van der Waals surface area contributed by atoms with Gasteiger partial charge < -0.3 is 5.32 Å². The molecule has 1 amide bonds. The van der Waals surface area contributed by atoms with Crippen LogP contribution in [-0.2, 0) is 11.2 Å². The topological polar surface area (TPSA) is 67.8 Å². The van der Waals surface area contributed by atoms with Gasteiger partial charge in [0.25, 0.3) is 0 Å². The third-order valence-electron chi connectivity index (χ3n) is 5.64. The highest BCUT2D eigenvalue weighted by atomic mass is 16.1. The number of carbonyl (C=O) groups is 1. The fourth-order valence-electron chi connectivity index (χ4n) is 4.29. The maximum atomic E-state index is 12.7. The van der Waals surface area contributed by atoms with Crippen LogP contribution in [0.5, 0.6) is 0 Å². The Bertz CT molecular complexity index is 797. The van der Waals surface area contributed by atoms with Crippen LogP contribution in [-0.4, -0.2) is 20.9 Å². The molecule has 136 valence electrons. The first-order valence-corrected chi connectivity index (χ1v) is 9.58. The lowest BCUT2D eigenvalue weighted by atomic mass is 9.74. The second-order valence-corrected chi connectivity index (χ2v) is 8.43. The summed E-state index contributed by atoms with van der Waals surface area (Å²) in [4.78, 5) is 26.2. The second kappa shape index (κ2) is 6.78. The number of hydrogen-bond donors (Lipinski definition) is 1. The Hall–Kier alpha value is -2.30. The van der Waals surface area contributed by atoms with E-state index in [9.17, 15) is 4.79 Å². The van der Waals surface area contributed by atoms with Gasteiger partial charge in [-0.25, -0.2) is 9.97 Å². The average molecular weight is 350 g/mol. The molecule has 2 aromatic rings. The minimum Gasteiger partial charge on any atom is -0.349 e. The third kappa shape index (κ3) is 3.48. The number of nitrogens with one attached hydrogen (secondary N) is 1. The van der Waals surface area contributed by atoms with Crippen molar-refractivity contribution < 1.29 is 4.79 Å². The van der Waals surface area contributed by atoms with Crippen molar-refractivity contribution in [3.8, 4) is 11.4 Å². The molecule has 0 radical (unpaired) electrons. The van der Waals surface area contributed by atoms with Gasteiger partial charge in [-0.05, 0) is 43.2 Å². The predicted octanol–water partition coefficient (Wildman–Crippen LogP) is 3.86. The molecule has 0 bridgehead atoms. The third-order valence-corrected chi connectivity index (χ3v) is 5.64. The largest absolute Gasteiger partial charge is 0.349 e. The summed E-state index contributed by atoms with van der Waals surface area (Å²) < 4.78 is 0. The first-order chi connectivity index (χ1) is 12.5. The van der Waals surface area contributed by atoms with Crippen molar-refractivity contribution in [2.75, 3.05) is 0 Å². The van der Waals surface area contributed by atoms with Gasteiger partial charge in [0.2, 0.25) is 5.91 Å². The van der Waals surface area contributed by atoms with Crippen LogP contribution < -0.4 is 5.32 Å². The number of amides is 1. The quantitative estimate of drug-likeness (QED) is 0.913. The molecule has 1 N–H and O–H groups in total. The van der Waals surface area contributed by atoms with Crippen molar-refractivity contribution >= 4 is 5.91 Å². The van der Waals surface area contributed by atoms with Crippen molar-refractivity contribution in [1.29, 1.82) is 0 Å². The van der Waals surface area contributed by atoms with Gasteiger partial charge in [0.05, 0.1) is 11.7 Å². The first-order valence-electron chi connectivity index (χ1n) is 9.58. The van der Waals surface area contributed by atoms with E-state index in [1.165, 1.54) is 12.8 Å². The molecule has 2 heterocycles. The standard InChI is InChI=1S/C21H26N4O/c1-21(2)10-17-16(13-23-19(24-17)15-8-5-9-22-12-15)18(11-21)25-20(26)14-6-3-4-7-14/h5,8-9,12-14,18H,3-4,6-7,10-11H2,1-2H3,(H,25,26)/t18-/m0/s1. The molecule has 4 rings (SSSR count). The Labute approximate surface area is 154 Å². The molecule has 2 aliphatic carbocycles. The molecule has 0 aliphatic heterocycles. The molecule has 1 saturated carbocycles. The maximum Gasteiger partial charge on any atom is 0.223 e. The van der Waals surface area contributed by atoms with Crippen LogP contribution in [0.15, 0.2) is 30.7 Å². The van der Waals surface area contributed by atoms with Gasteiger partial charge >= 0.3 is 0 Å². The van der Waals surface area contributed by atoms with E-state index in [-0.39, 0.29) is 23.3 Å². The Morgan fingerprint density at radius 3 is 2.77 bits per heavy atom. The molecule has 0 spiro atoms. The highest BCUT2D eigenvalue weighted by Crippen LogP contribution is 2.40. The Kier molecular flexibility index (Phi) is 4.47. The van der Waals surface area contributed by atoms with Gasteiger partial charge in [-0.1, -0.05) is 26.7 Å². The van der Waals surface area contributed by atoms with Gasteiger partial charge in [-0.2, -0.15) is 0 Å². The van der Waals surface area contributed by atoms with Crippen molar-refractivity contribution in [3.63, 3.8) is 0 Å². The highest BCUT2D eigenvalue weighted by Gasteiger charge is 2.35. The number of hydrogen-bond acceptors (Lipinski definition) is 4. The number of aromatic nitrogens is 3. The molecule has 5 nitrogen and oxygen atoms in total. The zero-order valence-corrected chi connectivity index (χ0v) is 15.5. The van der Waals surface area contributed by atoms with Gasteiger partial charge in [0.1, 0.15) is 0 Å². The van der Waals surface area contributed by atoms with Gasteiger partial charge in [0, 0.05) is 35.6 Å². The van der Waals surface area contributed by atoms with Crippen LogP contribution in [0.25, 0.3) is 11.4 Å². The van der Waals surface area contributed by atoms with Crippen LogP contribution >= 0.6 is 0 Å². The molecule has 5 heteroatoms. The fraction of sp³-hybridized carbons (Fsp3) is 0.524. The number of nitrogens with zero attached hydrogens (tertiary/aromatic N) is 3.